The lowest BCUT2D eigenvalue weighted by molar-refractivity contribution is 0.686. The Labute approximate surface area is 162 Å². The molecule has 0 radical (unpaired) electrons. The molecule has 1 aliphatic carbocycles. The Morgan fingerprint density at radius 3 is 2.59 bits per heavy atom. The van der Waals surface area contributed by atoms with Crippen molar-refractivity contribution in [3.63, 3.8) is 0 Å². The molecule has 5 heteroatoms. The molecule has 0 aliphatic heterocycles. The number of nitrogens with two attached hydrogens (primary N) is 1. The van der Waals surface area contributed by atoms with Crippen molar-refractivity contribution < 1.29 is 0 Å². The van der Waals surface area contributed by atoms with Crippen molar-refractivity contribution >= 4 is 38.7 Å². The van der Waals surface area contributed by atoms with E-state index in [1.54, 1.807) is 17.7 Å². The molecule has 134 valence electrons. The summed E-state index contributed by atoms with van der Waals surface area (Å²) in [5, 5.41) is 6.70. The van der Waals surface area contributed by atoms with E-state index in [2.05, 4.69) is 38.9 Å². The van der Waals surface area contributed by atoms with Gasteiger partial charge in [0.1, 0.15) is 17.0 Å². The Balaban J connectivity index is 1.60. The monoisotopic (exact) mass is 372 g/mol. The van der Waals surface area contributed by atoms with Gasteiger partial charge < -0.3 is 11.1 Å². The SMILES string of the molecule is Nc1ccc(Nc2ncnc3scc(-c4ccc5c(c4)CCCC5)c23)cc1. The van der Waals surface area contributed by atoms with Crippen LogP contribution >= 0.6 is 11.3 Å². The molecule has 0 spiro atoms. The number of nitrogens with zero attached hydrogens (tertiary/aromatic N) is 2. The molecule has 3 N–H and O–H groups in total. The first-order valence-electron chi connectivity index (χ1n) is 9.25. The lowest BCUT2D eigenvalue weighted by atomic mass is 9.89. The van der Waals surface area contributed by atoms with Gasteiger partial charge in [-0.2, -0.15) is 0 Å². The van der Waals surface area contributed by atoms with E-state index in [0.717, 1.165) is 27.4 Å². The molecule has 1 aliphatic rings. The fourth-order valence-corrected chi connectivity index (χ4v) is 4.70. The van der Waals surface area contributed by atoms with Crippen LogP contribution in [0.15, 0.2) is 54.2 Å². The maximum Gasteiger partial charge on any atom is 0.143 e. The fraction of sp³-hybridized carbons (Fsp3) is 0.182. The van der Waals surface area contributed by atoms with Crippen LogP contribution in [0.3, 0.4) is 0 Å². The molecule has 0 fully saturated rings. The topological polar surface area (TPSA) is 63.8 Å². The number of hydrogen-bond acceptors (Lipinski definition) is 5. The zero-order valence-electron chi connectivity index (χ0n) is 14.9. The first-order valence-corrected chi connectivity index (χ1v) is 10.1. The van der Waals surface area contributed by atoms with Gasteiger partial charge in [0.05, 0.1) is 5.39 Å². The average Bonchev–Trinajstić information content (AvgIpc) is 3.15. The summed E-state index contributed by atoms with van der Waals surface area (Å²) < 4.78 is 0. The summed E-state index contributed by atoms with van der Waals surface area (Å²) in [6.07, 6.45) is 6.59. The highest BCUT2D eigenvalue weighted by atomic mass is 32.1. The van der Waals surface area contributed by atoms with Gasteiger partial charge in [-0.05, 0) is 66.6 Å². The molecule has 0 saturated heterocycles. The van der Waals surface area contributed by atoms with Gasteiger partial charge in [0, 0.05) is 22.3 Å². The van der Waals surface area contributed by atoms with E-state index in [1.165, 1.54) is 47.9 Å². The van der Waals surface area contributed by atoms with Crippen LogP contribution in [0, 0.1) is 0 Å². The van der Waals surface area contributed by atoms with E-state index in [0.29, 0.717) is 0 Å². The zero-order valence-corrected chi connectivity index (χ0v) is 15.7. The molecule has 2 heterocycles. The molecule has 0 bridgehead atoms. The minimum atomic E-state index is 0.749. The lowest BCUT2D eigenvalue weighted by Gasteiger charge is -2.16. The van der Waals surface area contributed by atoms with E-state index >= 15 is 0 Å². The van der Waals surface area contributed by atoms with Crippen molar-refractivity contribution in [2.24, 2.45) is 0 Å². The first-order chi connectivity index (χ1) is 13.3. The largest absolute Gasteiger partial charge is 0.399 e. The summed E-state index contributed by atoms with van der Waals surface area (Å²) in [6.45, 7) is 0. The molecule has 2 aromatic heterocycles. The third-order valence-corrected chi connectivity index (χ3v) is 6.09. The zero-order chi connectivity index (χ0) is 18.2. The second-order valence-electron chi connectivity index (χ2n) is 6.99. The van der Waals surface area contributed by atoms with E-state index in [9.17, 15) is 0 Å². The molecule has 4 aromatic rings. The summed E-state index contributed by atoms with van der Waals surface area (Å²) in [5.41, 5.74) is 12.9. The number of fused-ring (bicyclic) bond motifs is 2. The van der Waals surface area contributed by atoms with Gasteiger partial charge in [0.25, 0.3) is 0 Å². The van der Waals surface area contributed by atoms with E-state index in [1.807, 2.05) is 24.3 Å². The van der Waals surface area contributed by atoms with Gasteiger partial charge in [0.15, 0.2) is 0 Å². The van der Waals surface area contributed by atoms with Gasteiger partial charge >= 0.3 is 0 Å². The maximum atomic E-state index is 5.80. The van der Waals surface area contributed by atoms with Crippen LogP contribution in [-0.2, 0) is 12.8 Å². The summed E-state index contributed by atoms with van der Waals surface area (Å²) in [7, 11) is 0. The second kappa shape index (κ2) is 6.67. The molecule has 5 rings (SSSR count). The molecular weight excluding hydrogens is 352 g/mol. The number of hydrogen-bond donors (Lipinski definition) is 2. The Morgan fingerprint density at radius 2 is 1.74 bits per heavy atom. The van der Waals surface area contributed by atoms with Crippen molar-refractivity contribution in [1.29, 1.82) is 0 Å². The third kappa shape index (κ3) is 3.04. The van der Waals surface area contributed by atoms with Crippen LogP contribution in [-0.4, -0.2) is 9.97 Å². The summed E-state index contributed by atoms with van der Waals surface area (Å²) >= 11 is 1.66. The highest BCUT2D eigenvalue weighted by Crippen LogP contribution is 2.38. The van der Waals surface area contributed by atoms with Crippen molar-refractivity contribution in [2.75, 3.05) is 11.1 Å². The Hall–Kier alpha value is -2.92. The number of aryl methyl sites for hydroxylation is 2. The van der Waals surface area contributed by atoms with E-state index in [-0.39, 0.29) is 0 Å². The minimum Gasteiger partial charge on any atom is -0.399 e. The Bertz CT molecular complexity index is 1120. The van der Waals surface area contributed by atoms with Crippen LogP contribution in [0.1, 0.15) is 24.0 Å². The van der Waals surface area contributed by atoms with Crippen LogP contribution in [0.25, 0.3) is 21.3 Å². The number of rotatable bonds is 3. The van der Waals surface area contributed by atoms with Crippen LogP contribution in [0.4, 0.5) is 17.2 Å². The summed E-state index contributed by atoms with van der Waals surface area (Å²) in [6, 6.07) is 14.6. The maximum absolute atomic E-state index is 5.80. The molecule has 0 unspecified atom stereocenters. The number of benzene rings is 2. The highest BCUT2D eigenvalue weighted by Gasteiger charge is 2.16. The average molecular weight is 372 g/mol. The smallest absolute Gasteiger partial charge is 0.143 e. The predicted octanol–water partition coefficient (Wildman–Crippen LogP) is 5.56. The lowest BCUT2D eigenvalue weighted by Crippen LogP contribution is -2.02. The van der Waals surface area contributed by atoms with E-state index in [4.69, 9.17) is 5.73 Å². The molecule has 0 amide bonds. The van der Waals surface area contributed by atoms with Crippen molar-refractivity contribution in [2.45, 2.75) is 25.7 Å². The highest BCUT2D eigenvalue weighted by molar-refractivity contribution is 7.17. The van der Waals surface area contributed by atoms with Crippen LogP contribution in [0.5, 0.6) is 0 Å². The predicted molar refractivity (Wildman–Crippen MR) is 114 cm³/mol. The normalized spacial score (nSPS) is 13.5. The summed E-state index contributed by atoms with van der Waals surface area (Å²) in [5.74, 6) is 0.832. The number of nitrogens with one attached hydrogen (secondary N) is 1. The van der Waals surface area contributed by atoms with Gasteiger partial charge in [-0.3, -0.25) is 0 Å². The van der Waals surface area contributed by atoms with E-state index < -0.39 is 0 Å². The molecular formula is C22H20N4S. The fourth-order valence-electron chi connectivity index (χ4n) is 3.79. The standard InChI is InChI=1S/C22H20N4S/c23-17-7-9-18(10-8-17)26-21-20-19(12-27-22(20)25-13-24-21)16-6-5-14-3-1-2-4-15(14)11-16/h5-13H,1-4,23H2,(H,24,25,26). The van der Waals surface area contributed by atoms with Gasteiger partial charge in [-0.1, -0.05) is 18.2 Å². The third-order valence-electron chi connectivity index (χ3n) is 5.20. The first kappa shape index (κ1) is 16.3. The molecule has 2 aromatic carbocycles. The van der Waals surface area contributed by atoms with Crippen molar-refractivity contribution in [3.8, 4) is 11.1 Å². The second-order valence-corrected chi connectivity index (χ2v) is 7.85. The van der Waals surface area contributed by atoms with Gasteiger partial charge in [-0.25, -0.2) is 9.97 Å². The Morgan fingerprint density at radius 1 is 0.926 bits per heavy atom. The van der Waals surface area contributed by atoms with Crippen molar-refractivity contribution in [1.82, 2.24) is 9.97 Å². The number of thiophene rings is 1. The quantitative estimate of drug-likeness (QED) is 0.462. The molecule has 0 saturated carbocycles. The molecule has 27 heavy (non-hydrogen) atoms. The molecule has 4 nitrogen and oxygen atoms in total. The van der Waals surface area contributed by atoms with Gasteiger partial charge in [0.2, 0.25) is 0 Å². The van der Waals surface area contributed by atoms with Crippen LogP contribution in [0.2, 0.25) is 0 Å². The van der Waals surface area contributed by atoms with Crippen molar-refractivity contribution in [3.05, 3.63) is 65.3 Å². The number of aromatic nitrogens is 2. The summed E-state index contributed by atoms with van der Waals surface area (Å²) in [4.78, 5) is 10.00. The minimum absolute atomic E-state index is 0.749. The van der Waals surface area contributed by atoms with Gasteiger partial charge in [-0.15, -0.1) is 11.3 Å². The number of anilines is 3. The van der Waals surface area contributed by atoms with Crippen LogP contribution < -0.4 is 11.1 Å². The number of nitrogen functional groups attached to an aromatic ring is 1. The Kier molecular flexibility index (Phi) is 4.02. The molecule has 0 atom stereocenters.